The lowest BCUT2D eigenvalue weighted by atomic mass is 9.93. The molecule has 0 unspecified atom stereocenters. The second-order valence-electron chi connectivity index (χ2n) is 11.3. The normalized spacial score (nSPS) is 20.2. The van der Waals surface area contributed by atoms with Gasteiger partial charge in [-0.2, -0.15) is 0 Å². The Morgan fingerprint density at radius 3 is 1.61 bits per heavy atom. The van der Waals surface area contributed by atoms with E-state index in [0.29, 0.717) is 13.1 Å². The first-order valence-corrected chi connectivity index (χ1v) is 14.2. The van der Waals surface area contributed by atoms with Crippen molar-refractivity contribution in [1.29, 1.82) is 0 Å². The van der Waals surface area contributed by atoms with E-state index in [1.807, 2.05) is 9.80 Å². The van der Waals surface area contributed by atoms with Gasteiger partial charge in [0.05, 0.1) is 35.9 Å². The van der Waals surface area contributed by atoms with Crippen LogP contribution in [-0.2, 0) is 25.9 Å². The molecule has 2 aromatic carbocycles. The van der Waals surface area contributed by atoms with E-state index in [4.69, 9.17) is 9.98 Å². The van der Waals surface area contributed by atoms with Crippen molar-refractivity contribution in [3.63, 3.8) is 0 Å². The van der Waals surface area contributed by atoms with Gasteiger partial charge in [-0.3, -0.25) is 19.8 Å². The number of amides is 2. The molecule has 190 valence electrons. The van der Waals surface area contributed by atoms with E-state index in [1.54, 1.807) is 0 Å². The Hall–Kier alpha value is -3.87. The molecule has 1 fully saturated rings. The van der Waals surface area contributed by atoms with Gasteiger partial charge in [0.1, 0.15) is 0 Å². The number of urea groups is 1. The second kappa shape index (κ2) is 7.59. The molecule has 0 saturated carbocycles. The summed E-state index contributed by atoms with van der Waals surface area (Å²) in [6, 6.07) is 13.3. The summed E-state index contributed by atoms with van der Waals surface area (Å²) >= 11 is 0. The molecule has 7 nitrogen and oxygen atoms in total. The van der Waals surface area contributed by atoms with Crippen molar-refractivity contribution < 1.29 is 4.79 Å². The number of anilines is 2. The molecule has 1 saturated heterocycles. The standard InChI is InChI=1S/C31H30N6O/c38-31-34(19-7-9-27-23(17-19)21-3-1-5-25-29(21)36(27)13-11-32-25)15-16-35(31)20-8-10-28-24(18-20)22-4-2-6-26-30(22)37(28)14-12-33-26/h7-10,17-18H,1-6,11-16H2. The number of nitrogens with zero attached hydrogens (tertiary/aromatic N) is 6. The van der Waals surface area contributed by atoms with Crippen LogP contribution in [0.15, 0.2) is 46.4 Å². The van der Waals surface area contributed by atoms with Crippen LogP contribution >= 0.6 is 0 Å². The summed E-state index contributed by atoms with van der Waals surface area (Å²) in [5, 5.41) is 2.60. The first-order chi connectivity index (χ1) is 18.8. The van der Waals surface area contributed by atoms with Gasteiger partial charge in [0, 0.05) is 59.4 Å². The lowest BCUT2D eigenvalue weighted by Gasteiger charge is -2.21. The number of rotatable bonds is 2. The molecule has 0 atom stereocenters. The minimum atomic E-state index is 0.0726. The van der Waals surface area contributed by atoms with Crippen LogP contribution in [0.4, 0.5) is 16.2 Å². The van der Waals surface area contributed by atoms with Crippen molar-refractivity contribution in [2.75, 3.05) is 36.0 Å². The van der Waals surface area contributed by atoms with E-state index in [9.17, 15) is 4.79 Å². The van der Waals surface area contributed by atoms with E-state index >= 15 is 0 Å². The van der Waals surface area contributed by atoms with E-state index in [0.717, 1.165) is 76.1 Å². The van der Waals surface area contributed by atoms with Gasteiger partial charge in [0.2, 0.25) is 0 Å². The molecule has 2 aliphatic carbocycles. The van der Waals surface area contributed by atoms with Crippen molar-refractivity contribution in [3.05, 3.63) is 58.9 Å². The number of carbonyl (C=O) groups is 1. The topological polar surface area (TPSA) is 58.1 Å². The Morgan fingerprint density at radius 2 is 1.11 bits per heavy atom. The van der Waals surface area contributed by atoms with Gasteiger partial charge in [0.15, 0.2) is 0 Å². The van der Waals surface area contributed by atoms with Crippen molar-refractivity contribution in [2.45, 2.75) is 51.6 Å². The summed E-state index contributed by atoms with van der Waals surface area (Å²) in [6.07, 6.45) is 6.68. The number of carbonyl (C=O) groups excluding carboxylic acids is 1. The Morgan fingerprint density at radius 1 is 0.605 bits per heavy atom. The maximum absolute atomic E-state index is 13.8. The molecule has 5 heterocycles. The maximum atomic E-state index is 13.8. The first kappa shape index (κ1) is 21.1. The van der Waals surface area contributed by atoms with Gasteiger partial charge < -0.3 is 9.13 Å². The number of benzene rings is 2. The zero-order chi connectivity index (χ0) is 25.0. The Labute approximate surface area is 221 Å². The molecule has 3 aliphatic heterocycles. The van der Waals surface area contributed by atoms with Crippen LogP contribution in [0.5, 0.6) is 0 Å². The average Bonchev–Trinajstić information content (AvgIpc) is 3.61. The van der Waals surface area contributed by atoms with Crippen molar-refractivity contribution in [3.8, 4) is 0 Å². The van der Waals surface area contributed by atoms with Crippen molar-refractivity contribution in [1.82, 2.24) is 9.13 Å². The monoisotopic (exact) mass is 502 g/mol. The SMILES string of the molecule is O=C1N(c2ccc3c(c2)c2c4n3CCN=C4CCC2)CCN1c1ccc2c(c1)c1c3n2CCN=C3CCC1. The fourth-order valence-corrected chi connectivity index (χ4v) is 7.79. The molecule has 5 aliphatic rings. The Balaban J connectivity index is 1.09. The highest BCUT2D eigenvalue weighted by Gasteiger charge is 2.33. The van der Waals surface area contributed by atoms with Gasteiger partial charge in [-0.25, -0.2) is 4.79 Å². The number of aryl methyl sites for hydroxylation is 2. The molecule has 0 N–H and O–H groups in total. The summed E-state index contributed by atoms with van der Waals surface area (Å²) in [5.74, 6) is 0. The summed E-state index contributed by atoms with van der Waals surface area (Å²) in [4.78, 5) is 27.4. The largest absolute Gasteiger partial charge is 0.337 e. The number of hydrogen-bond acceptors (Lipinski definition) is 3. The van der Waals surface area contributed by atoms with Crippen LogP contribution in [0.2, 0.25) is 0 Å². The van der Waals surface area contributed by atoms with E-state index in [2.05, 4.69) is 45.5 Å². The minimum absolute atomic E-state index is 0.0726. The van der Waals surface area contributed by atoms with Crippen LogP contribution in [0.25, 0.3) is 21.8 Å². The lowest BCUT2D eigenvalue weighted by Crippen LogP contribution is -2.31. The van der Waals surface area contributed by atoms with Gasteiger partial charge >= 0.3 is 6.03 Å². The molecule has 2 aromatic heterocycles. The molecule has 7 heteroatoms. The summed E-state index contributed by atoms with van der Waals surface area (Å²) in [5.41, 5.74) is 12.7. The number of aromatic nitrogens is 2. The third kappa shape index (κ3) is 2.71. The van der Waals surface area contributed by atoms with Crippen LogP contribution < -0.4 is 9.80 Å². The minimum Gasteiger partial charge on any atom is -0.337 e. The molecule has 0 spiro atoms. The third-order valence-corrected chi connectivity index (χ3v) is 9.42. The smallest absolute Gasteiger partial charge is 0.329 e. The van der Waals surface area contributed by atoms with E-state index < -0.39 is 0 Å². The zero-order valence-corrected chi connectivity index (χ0v) is 21.5. The molecular formula is C31H30N6O. The predicted molar refractivity (Wildman–Crippen MR) is 153 cm³/mol. The molecule has 0 radical (unpaired) electrons. The van der Waals surface area contributed by atoms with Crippen LogP contribution in [0.3, 0.4) is 0 Å². The summed E-state index contributed by atoms with van der Waals surface area (Å²) in [6.45, 7) is 5.05. The highest BCUT2D eigenvalue weighted by Crippen LogP contribution is 2.39. The van der Waals surface area contributed by atoms with Gasteiger partial charge in [-0.15, -0.1) is 0 Å². The Kier molecular flexibility index (Phi) is 4.22. The van der Waals surface area contributed by atoms with Crippen LogP contribution in [0, 0.1) is 0 Å². The van der Waals surface area contributed by atoms with Crippen LogP contribution in [0.1, 0.15) is 48.2 Å². The molecule has 9 rings (SSSR count). The molecule has 0 bridgehead atoms. The zero-order valence-electron chi connectivity index (χ0n) is 21.5. The summed E-state index contributed by atoms with van der Waals surface area (Å²) < 4.78 is 4.92. The van der Waals surface area contributed by atoms with Gasteiger partial charge in [-0.05, 0) is 86.1 Å². The molecule has 2 amide bonds. The first-order valence-electron chi connectivity index (χ1n) is 14.2. The molecular weight excluding hydrogens is 472 g/mol. The quantitative estimate of drug-likeness (QED) is 0.366. The summed E-state index contributed by atoms with van der Waals surface area (Å²) in [7, 11) is 0. The molecule has 4 aromatic rings. The van der Waals surface area contributed by atoms with Gasteiger partial charge in [-0.1, -0.05) is 0 Å². The number of hydrogen-bond donors (Lipinski definition) is 0. The van der Waals surface area contributed by atoms with Crippen molar-refractivity contribution in [2.24, 2.45) is 9.98 Å². The predicted octanol–water partition coefficient (Wildman–Crippen LogP) is 5.32. The van der Waals surface area contributed by atoms with Crippen molar-refractivity contribution >= 4 is 50.6 Å². The van der Waals surface area contributed by atoms with Crippen LogP contribution in [-0.4, -0.2) is 52.8 Å². The lowest BCUT2D eigenvalue weighted by molar-refractivity contribution is 0.256. The average molecular weight is 503 g/mol. The van der Waals surface area contributed by atoms with E-state index in [-0.39, 0.29) is 6.03 Å². The highest BCUT2D eigenvalue weighted by molar-refractivity contribution is 6.12. The van der Waals surface area contributed by atoms with E-state index in [1.165, 1.54) is 55.7 Å². The molecule has 38 heavy (non-hydrogen) atoms. The number of fused-ring (bicyclic) bond motifs is 6. The Bertz CT molecular complexity index is 1640. The fourth-order valence-electron chi connectivity index (χ4n) is 7.79. The van der Waals surface area contributed by atoms with Gasteiger partial charge in [0.25, 0.3) is 0 Å². The highest BCUT2D eigenvalue weighted by atomic mass is 16.2. The fraction of sp³-hybridized carbons (Fsp3) is 0.387. The second-order valence-corrected chi connectivity index (χ2v) is 11.3. The maximum Gasteiger partial charge on any atom is 0.329 e. The number of aliphatic imine (C=N–C) groups is 2. The third-order valence-electron chi connectivity index (χ3n) is 9.42.